The minimum absolute atomic E-state index is 0.169. The number of aliphatic hydroxyl groups is 1. The average molecular weight is 210 g/mol. The van der Waals surface area contributed by atoms with Crippen LogP contribution in [0.5, 0.6) is 0 Å². The van der Waals surface area contributed by atoms with E-state index in [1.807, 2.05) is 0 Å². The Hall–Kier alpha value is -0.570. The number of hydrogen-bond acceptors (Lipinski definition) is 3. The fourth-order valence-corrected chi connectivity index (χ4v) is 2.49. The summed E-state index contributed by atoms with van der Waals surface area (Å²) in [5, 5.41) is 13.4. The summed E-state index contributed by atoms with van der Waals surface area (Å²) in [5.74, 6) is 1.13. The molecule has 2 rings (SSSR count). The Bertz CT molecular complexity index is 228. The van der Waals surface area contributed by atoms with E-state index in [1.54, 1.807) is 0 Å². The highest BCUT2D eigenvalue weighted by atomic mass is 16.3. The molecule has 1 aliphatic heterocycles. The second-order valence-electron chi connectivity index (χ2n) is 4.74. The van der Waals surface area contributed by atoms with Crippen molar-refractivity contribution in [2.24, 2.45) is 4.99 Å². The molecule has 1 fully saturated rings. The van der Waals surface area contributed by atoms with Gasteiger partial charge in [0.1, 0.15) is 0 Å². The van der Waals surface area contributed by atoms with Crippen LogP contribution in [0, 0.1) is 0 Å². The molecule has 2 unspecified atom stereocenters. The molecule has 2 N–H and O–H groups in total. The maximum absolute atomic E-state index is 9.96. The molecule has 1 saturated carbocycles. The monoisotopic (exact) mass is 210 g/mol. The van der Waals surface area contributed by atoms with Crippen LogP contribution < -0.4 is 5.32 Å². The SMILES string of the molecule is OC1CCCCCC1NC1=NCCCC1. The van der Waals surface area contributed by atoms with Crippen molar-refractivity contribution < 1.29 is 5.11 Å². The summed E-state index contributed by atoms with van der Waals surface area (Å²) >= 11 is 0. The molecule has 2 atom stereocenters. The second-order valence-corrected chi connectivity index (χ2v) is 4.74. The summed E-state index contributed by atoms with van der Waals surface area (Å²) in [6.07, 6.45) is 9.09. The molecule has 3 nitrogen and oxygen atoms in total. The molecule has 0 bridgehead atoms. The Kier molecular flexibility index (Phi) is 4.01. The molecular formula is C12H22N2O. The van der Waals surface area contributed by atoms with E-state index in [1.165, 1.54) is 32.1 Å². The molecular weight excluding hydrogens is 188 g/mol. The van der Waals surface area contributed by atoms with Crippen LogP contribution in [0.1, 0.15) is 51.4 Å². The van der Waals surface area contributed by atoms with Gasteiger partial charge in [0.2, 0.25) is 0 Å². The summed E-state index contributed by atoms with van der Waals surface area (Å²) in [5.41, 5.74) is 0. The van der Waals surface area contributed by atoms with E-state index in [0.717, 1.165) is 31.6 Å². The predicted octanol–water partition coefficient (Wildman–Crippen LogP) is 1.85. The van der Waals surface area contributed by atoms with Gasteiger partial charge in [-0.3, -0.25) is 4.99 Å². The van der Waals surface area contributed by atoms with Gasteiger partial charge in [0.25, 0.3) is 0 Å². The quantitative estimate of drug-likeness (QED) is 0.649. The fraction of sp³-hybridized carbons (Fsp3) is 0.917. The van der Waals surface area contributed by atoms with Crippen LogP contribution in [0.3, 0.4) is 0 Å². The van der Waals surface area contributed by atoms with Crippen molar-refractivity contribution in [1.82, 2.24) is 5.32 Å². The normalized spacial score (nSPS) is 33.0. The van der Waals surface area contributed by atoms with Gasteiger partial charge < -0.3 is 10.4 Å². The molecule has 15 heavy (non-hydrogen) atoms. The molecule has 1 heterocycles. The molecule has 1 aliphatic carbocycles. The first-order valence-corrected chi connectivity index (χ1v) is 6.34. The highest BCUT2D eigenvalue weighted by Crippen LogP contribution is 2.18. The van der Waals surface area contributed by atoms with E-state index >= 15 is 0 Å². The van der Waals surface area contributed by atoms with E-state index in [4.69, 9.17) is 0 Å². The zero-order valence-corrected chi connectivity index (χ0v) is 9.41. The molecule has 0 aromatic rings. The van der Waals surface area contributed by atoms with Gasteiger partial charge in [-0.1, -0.05) is 19.3 Å². The van der Waals surface area contributed by atoms with E-state index in [0.29, 0.717) is 0 Å². The van der Waals surface area contributed by atoms with Crippen LogP contribution in [-0.2, 0) is 0 Å². The van der Waals surface area contributed by atoms with Gasteiger partial charge in [0, 0.05) is 13.0 Å². The lowest BCUT2D eigenvalue weighted by Gasteiger charge is -2.25. The van der Waals surface area contributed by atoms with Crippen molar-refractivity contribution in [2.75, 3.05) is 6.54 Å². The third kappa shape index (κ3) is 3.20. The molecule has 2 aliphatic rings. The van der Waals surface area contributed by atoms with E-state index in [-0.39, 0.29) is 12.1 Å². The van der Waals surface area contributed by atoms with Crippen LogP contribution in [0.15, 0.2) is 4.99 Å². The first-order chi connectivity index (χ1) is 7.36. The number of amidine groups is 1. The summed E-state index contributed by atoms with van der Waals surface area (Å²) in [7, 11) is 0. The number of nitrogens with one attached hydrogen (secondary N) is 1. The topological polar surface area (TPSA) is 44.6 Å². The first-order valence-electron chi connectivity index (χ1n) is 6.34. The first kappa shape index (κ1) is 10.9. The maximum atomic E-state index is 9.96. The van der Waals surface area contributed by atoms with Gasteiger partial charge in [0.05, 0.1) is 18.0 Å². The number of nitrogens with zero attached hydrogens (tertiary/aromatic N) is 1. The molecule has 3 heteroatoms. The standard InChI is InChI=1S/C12H22N2O/c15-11-7-3-1-2-6-10(11)14-12-8-4-5-9-13-12/h10-11,15H,1-9H2,(H,13,14). The van der Waals surface area contributed by atoms with Crippen LogP contribution in [0.25, 0.3) is 0 Å². The molecule has 0 aromatic carbocycles. The Balaban J connectivity index is 1.87. The Morgan fingerprint density at radius 3 is 2.73 bits per heavy atom. The van der Waals surface area contributed by atoms with Crippen LogP contribution in [-0.4, -0.2) is 29.6 Å². The maximum Gasteiger partial charge on any atom is 0.0966 e. The van der Waals surface area contributed by atoms with Gasteiger partial charge in [-0.2, -0.15) is 0 Å². The highest BCUT2D eigenvalue weighted by Gasteiger charge is 2.22. The van der Waals surface area contributed by atoms with Gasteiger partial charge in [0.15, 0.2) is 0 Å². The van der Waals surface area contributed by atoms with E-state index in [9.17, 15) is 5.11 Å². The Morgan fingerprint density at radius 1 is 1.07 bits per heavy atom. The van der Waals surface area contributed by atoms with Crippen LogP contribution >= 0.6 is 0 Å². The lowest BCUT2D eigenvalue weighted by Crippen LogP contribution is -2.43. The molecule has 0 amide bonds. The highest BCUT2D eigenvalue weighted by molar-refractivity contribution is 5.82. The summed E-state index contributed by atoms with van der Waals surface area (Å²) in [6.45, 7) is 0.963. The number of aliphatic imine (C=N–C) groups is 1. The minimum atomic E-state index is -0.169. The Labute approximate surface area is 92.0 Å². The zero-order chi connectivity index (χ0) is 10.5. The second kappa shape index (κ2) is 5.50. The largest absolute Gasteiger partial charge is 0.391 e. The van der Waals surface area contributed by atoms with Crippen molar-refractivity contribution in [1.29, 1.82) is 0 Å². The van der Waals surface area contributed by atoms with E-state index < -0.39 is 0 Å². The number of aliphatic hydroxyl groups excluding tert-OH is 1. The molecule has 86 valence electrons. The van der Waals surface area contributed by atoms with Crippen molar-refractivity contribution in [2.45, 2.75) is 63.5 Å². The van der Waals surface area contributed by atoms with Gasteiger partial charge in [-0.05, 0) is 25.7 Å². The summed E-state index contributed by atoms with van der Waals surface area (Å²) < 4.78 is 0. The third-order valence-corrected chi connectivity index (χ3v) is 3.46. The number of hydrogen-bond donors (Lipinski definition) is 2. The third-order valence-electron chi connectivity index (χ3n) is 3.46. The average Bonchev–Trinajstić information content (AvgIpc) is 2.46. The lowest BCUT2D eigenvalue weighted by molar-refractivity contribution is 0.128. The summed E-state index contributed by atoms with van der Waals surface area (Å²) in [4.78, 5) is 4.48. The van der Waals surface area contributed by atoms with Crippen LogP contribution in [0.4, 0.5) is 0 Å². The molecule has 0 spiro atoms. The van der Waals surface area contributed by atoms with Gasteiger partial charge in [-0.15, -0.1) is 0 Å². The van der Waals surface area contributed by atoms with Crippen molar-refractivity contribution in [3.8, 4) is 0 Å². The predicted molar refractivity (Wildman–Crippen MR) is 62.2 cm³/mol. The fourth-order valence-electron chi connectivity index (χ4n) is 2.49. The minimum Gasteiger partial charge on any atom is -0.391 e. The number of rotatable bonds is 1. The van der Waals surface area contributed by atoms with Crippen molar-refractivity contribution >= 4 is 5.84 Å². The smallest absolute Gasteiger partial charge is 0.0966 e. The van der Waals surface area contributed by atoms with Gasteiger partial charge in [-0.25, -0.2) is 0 Å². The lowest BCUT2D eigenvalue weighted by atomic mass is 10.1. The van der Waals surface area contributed by atoms with Crippen molar-refractivity contribution in [3.05, 3.63) is 0 Å². The van der Waals surface area contributed by atoms with E-state index in [2.05, 4.69) is 10.3 Å². The zero-order valence-electron chi connectivity index (χ0n) is 9.41. The van der Waals surface area contributed by atoms with Crippen LogP contribution in [0.2, 0.25) is 0 Å². The Morgan fingerprint density at radius 2 is 1.93 bits per heavy atom. The van der Waals surface area contributed by atoms with Gasteiger partial charge >= 0.3 is 0 Å². The molecule has 0 aromatic heterocycles. The van der Waals surface area contributed by atoms with Crippen molar-refractivity contribution in [3.63, 3.8) is 0 Å². The molecule has 0 radical (unpaired) electrons. The summed E-state index contributed by atoms with van der Waals surface area (Å²) in [6, 6.07) is 0.254. The molecule has 0 saturated heterocycles.